The molecular weight excluding hydrogens is 659 g/mol. The fraction of sp³-hybridized carbons (Fsp3) is 0. The average molecular weight is 688 g/mol. The molecule has 0 N–H and O–H groups in total. The molecule has 0 amide bonds. The van der Waals surface area contributed by atoms with Gasteiger partial charge in [-0.15, -0.1) is 0 Å². The smallest absolute Gasteiger partial charge is 0.269 e. The van der Waals surface area contributed by atoms with Gasteiger partial charge in [-0.25, -0.2) is 0 Å². The van der Waals surface area contributed by atoms with E-state index in [-0.39, 0.29) is 11.4 Å². The minimum atomic E-state index is -0.432. The number of hydrogen-bond donors (Lipinski definition) is 0. The maximum absolute atomic E-state index is 11.4. The van der Waals surface area contributed by atoms with E-state index in [1.54, 1.807) is 24.3 Å². The van der Waals surface area contributed by atoms with Gasteiger partial charge in [0, 0.05) is 41.3 Å². The maximum Gasteiger partial charge on any atom is 0.269 e. The Kier molecular flexibility index (Phi) is 7.60. The van der Waals surface area contributed by atoms with Crippen LogP contribution in [0, 0.1) is 20.2 Å². The van der Waals surface area contributed by atoms with Gasteiger partial charge >= 0.3 is 0 Å². The van der Waals surface area contributed by atoms with Crippen molar-refractivity contribution in [2.75, 3.05) is 4.90 Å². The second kappa shape index (κ2) is 12.7. The summed E-state index contributed by atoms with van der Waals surface area (Å²) in [5.41, 5.74) is 13.8. The average Bonchev–Trinajstić information content (AvgIpc) is 3.56. The van der Waals surface area contributed by atoms with E-state index in [2.05, 4.69) is 103 Å². The first-order chi connectivity index (χ1) is 26.0. The third-order valence-corrected chi connectivity index (χ3v) is 10.0. The molecule has 0 saturated heterocycles. The molecule has 1 aliphatic rings. The second-order valence-electron chi connectivity index (χ2n) is 13.0. The van der Waals surface area contributed by atoms with Crippen molar-refractivity contribution >= 4 is 39.2 Å². The van der Waals surface area contributed by atoms with E-state index in [4.69, 9.17) is 0 Å². The monoisotopic (exact) mass is 687 g/mol. The van der Waals surface area contributed by atoms with Crippen LogP contribution in [-0.4, -0.2) is 9.85 Å². The molecule has 0 radical (unpaired) electrons. The first kappa shape index (κ1) is 31.6. The predicted octanol–water partition coefficient (Wildman–Crippen LogP) is 12.8. The zero-order valence-electron chi connectivity index (χ0n) is 28.2. The first-order valence-corrected chi connectivity index (χ1v) is 17.2. The van der Waals surface area contributed by atoms with Crippen molar-refractivity contribution in [2.24, 2.45) is 0 Å². The van der Waals surface area contributed by atoms with Gasteiger partial charge in [-0.1, -0.05) is 115 Å². The predicted molar refractivity (Wildman–Crippen MR) is 213 cm³/mol. The second-order valence-corrected chi connectivity index (χ2v) is 13.0. The van der Waals surface area contributed by atoms with Crippen LogP contribution in [0.1, 0.15) is 0 Å². The molecule has 252 valence electrons. The van der Waals surface area contributed by atoms with Crippen LogP contribution in [0.25, 0.3) is 66.4 Å². The van der Waals surface area contributed by atoms with Crippen LogP contribution in [0.5, 0.6) is 0 Å². The van der Waals surface area contributed by atoms with E-state index in [1.165, 1.54) is 68.4 Å². The van der Waals surface area contributed by atoms with Gasteiger partial charge in [0.25, 0.3) is 11.4 Å². The van der Waals surface area contributed by atoms with Crippen LogP contribution in [0.3, 0.4) is 0 Å². The summed E-state index contributed by atoms with van der Waals surface area (Å²) in [6, 6.07) is 57.4. The van der Waals surface area contributed by atoms with Crippen molar-refractivity contribution in [2.45, 2.75) is 0 Å². The molecule has 8 aromatic rings. The Balaban J connectivity index is 1.22. The molecule has 0 atom stereocenters. The summed E-state index contributed by atoms with van der Waals surface area (Å²) in [6.45, 7) is 0. The van der Waals surface area contributed by atoms with Gasteiger partial charge in [0.1, 0.15) is 0 Å². The zero-order chi connectivity index (χ0) is 36.1. The molecule has 0 bridgehead atoms. The highest BCUT2D eigenvalue weighted by Crippen LogP contribution is 2.57. The zero-order valence-corrected chi connectivity index (χ0v) is 28.2. The lowest BCUT2D eigenvalue weighted by Crippen LogP contribution is -2.10. The molecule has 0 aromatic heterocycles. The number of nitrogens with zero attached hydrogens (tertiary/aromatic N) is 3. The SMILES string of the molecule is O=[N+]([O-])c1ccc(N(c2ccc(-c3ccc4cccc5c4c3-c3c(-c4ccccc4)ccc(-c4ccccc4)c3-5)cc2)c2ccc([N+](=O)[O-])cc2)cc1. The summed E-state index contributed by atoms with van der Waals surface area (Å²) in [6.07, 6.45) is 0. The fourth-order valence-electron chi connectivity index (χ4n) is 7.63. The summed E-state index contributed by atoms with van der Waals surface area (Å²) in [5, 5.41) is 25.3. The van der Waals surface area contributed by atoms with Gasteiger partial charge in [0.2, 0.25) is 0 Å². The Morgan fingerprint density at radius 1 is 0.358 bits per heavy atom. The van der Waals surface area contributed by atoms with E-state index < -0.39 is 9.85 Å². The number of anilines is 3. The molecule has 9 rings (SSSR count). The first-order valence-electron chi connectivity index (χ1n) is 17.2. The van der Waals surface area contributed by atoms with Crippen LogP contribution in [-0.2, 0) is 0 Å². The number of fused-ring (bicyclic) bond motifs is 3. The van der Waals surface area contributed by atoms with E-state index in [0.29, 0.717) is 11.4 Å². The topological polar surface area (TPSA) is 89.5 Å². The lowest BCUT2D eigenvalue weighted by atomic mass is 9.86. The number of nitro groups is 2. The van der Waals surface area contributed by atoms with Crippen LogP contribution in [0.4, 0.5) is 28.4 Å². The molecule has 0 heterocycles. The van der Waals surface area contributed by atoms with Crippen LogP contribution < -0.4 is 4.90 Å². The standard InChI is InChI=1S/C46H29N3O4/c50-48(51)37-23-19-35(20-24-37)47(36-21-25-38(26-22-36)49(52)53)34-17-14-32(15-18-34)40-27-16-33-12-7-13-42-43(33)45(40)46-41(31-10-5-2-6-11-31)29-28-39(44(42)46)30-8-3-1-4-9-30/h1-29H. The molecule has 7 nitrogen and oxygen atoms in total. The van der Waals surface area contributed by atoms with Gasteiger partial charge in [-0.3, -0.25) is 20.2 Å². The summed E-state index contributed by atoms with van der Waals surface area (Å²) in [5.74, 6) is 0. The molecule has 7 heteroatoms. The van der Waals surface area contributed by atoms with Crippen molar-refractivity contribution in [3.05, 3.63) is 196 Å². The number of non-ortho nitro benzene ring substituents is 2. The number of rotatable bonds is 8. The van der Waals surface area contributed by atoms with E-state index >= 15 is 0 Å². The van der Waals surface area contributed by atoms with E-state index in [1.807, 2.05) is 29.2 Å². The van der Waals surface area contributed by atoms with Crippen molar-refractivity contribution < 1.29 is 9.85 Å². The molecule has 0 fully saturated rings. The molecule has 0 unspecified atom stereocenters. The van der Waals surface area contributed by atoms with Crippen LogP contribution >= 0.6 is 0 Å². The molecular formula is C46H29N3O4. The molecule has 0 spiro atoms. The van der Waals surface area contributed by atoms with E-state index in [9.17, 15) is 20.2 Å². The van der Waals surface area contributed by atoms with Crippen molar-refractivity contribution in [3.63, 3.8) is 0 Å². The van der Waals surface area contributed by atoms with Crippen molar-refractivity contribution in [3.8, 4) is 55.6 Å². The van der Waals surface area contributed by atoms with Gasteiger partial charge in [0.15, 0.2) is 0 Å². The third-order valence-electron chi connectivity index (χ3n) is 10.0. The third kappa shape index (κ3) is 5.39. The summed E-state index contributed by atoms with van der Waals surface area (Å²) < 4.78 is 0. The van der Waals surface area contributed by atoms with Gasteiger partial charge < -0.3 is 4.90 Å². The molecule has 53 heavy (non-hydrogen) atoms. The van der Waals surface area contributed by atoms with Gasteiger partial charge in [-0.2, -0.15) is 0 Å². The number of nitro benzene ring substituents is 2. The van der Waals surface area contributed by atoms with Crippen LogP contribution in [0.15, 0.2) is 176 Å². The van der Waals surface area contributed by atoms with Gasteiger partial charge in [0.05, 0.1) is 9.85 Å². The highest BCUT2D eigenvalue weighted by Gasteiger charge is 2.30. The summed E-state index contributed by atoms with van der Waals surface area (Å²) in [4.78, 5) is 23.9. The van der Waals surface area contributed by atoms with Crippen molar-refractivity contribution in [1.29, 1.82) is 0 Å². The highest BCUT2D eigenvalue weighted by molar-refractivity contribution is 6.24. The Morgan fingerprint density at radius 2 is 0.792 bits per heavy atom. The summed E-state index contributed by atoms with van der Waals surface area (Å²) in [7, 11) is 0. The lowest BCUT2D eigenvalue weighted by Gasteiger charge is -2.25. The summed E-state index contributed by atoms with van der Waals surface area (Å²) >= 11 is 0. The highest BCUT2D eigenvalue weighted by atomic mass is 16.6. The Morgan fingerprint density at radius 3 is 1.30 bits per heavy atom. The Labute approximate surface area is 305 Å². The normalized spacial score (nSPS) is 11.3. The quantitative estimate of drug-likeness (QED) is 0.117. The van der Waals surface area contributed by atoms with Gasteiger partial charge in [-0.05, 0) is 103 Å². The number of hydrogen-bond acceptors (Lipinski definition) is 5. The minimum absolute atomic E-state index is 0.0213. The largest absolute Gasteiger partial charge is 0.310 e. The lowest BCUT2D eigenvalue weighted by molar-refractivity contribution is -0.385. The maximum atomic E-state index is 11.4. The molecule has 0 saturated carbocycles. The molecule has 8 aromatic carbocycles. The number of benzene rings is 8. The molecule has 0 aliphatic heterocycles. The van der Waals surface area contributed by atoms with E-state index in [0.717, 1.165) is 27.9 Å². The van der Waals surface area contributed by atoms with Crippen LogP contribution in [0.2, 0.25) is 0 Å². The Hall–Kier alpha value is -7.38. The van der Waals surface area contributed by atoms with Crippen molar-refractivity contribution in [1.82, 2.24) is 0 Å². The molecule has 1 aliphatic carbocycles. The Bertz CT molecular complexity index is 2640. The minimum Gasteiger partial charge on any atom is -0.310 e. The fourth-order valence-corrected chi connectivity index (χ4v) is 7.63.